The molecule has 1 aliphatic rings. The molecule has 158 valence electrons. The van der Waals surface area contributed by atoms with Crippen molar-refractivity contribution in [3.8, 4) is 5.75 Å². The number of anilines is 2. The van der Waals surface area contributed by atoms with Crippen LogP contribution in [0, 0.1) is 0 Å². The number of benzene rings is 2. The van der Waals surface area contributed by atoms with Crippen molar-refractivity contribution in [1.82, 2.24) is 10.2 Å². The zero-order valence-electron chi connectivity index (χ0n) is 17.3. The number of ether oxygens (including phenoxy) is 1. The Labute approximate surface area is 175 Å². The van der Waals surface area contributed by atoms with E-state index in [1.165, 1.54) is 0 Å². The monoisotopic (exact) mass is 410 g/mol. The van der Waals surface area contributed by atoms with E-state index in [4.69, 9.17) is 4.74 Å². The molecule has 3 amide bonds. The fourth-order valence-electron chi connectivity index (χ4n) is 3.24. The van der Waals surface area contributed by atoms with E-state index in [0.717, 1.165) is 0 Å². The highest BCUT2D eigenvalue weighted by molar-refractivity contribution is 6.05. The molecule has 3 rings (SSSR count). The van der Waals surface area contributed by atoms with Crippen LogP contribution in [0.25, 0.3) is 0 Å². The predicted molar refractivity (Wildman–Crippen MR) is 115 cm³/mol. The second kappa shape index (κ2) is 8.96. The largest absolute Gasteiger partial charge is 0.495 e. The average Bonchev–Trinajstić information content (AvgIpc) is 2.72. The second-order valence-corrected chi connectivity index (χ2v) is 7.52. The molecule has 8 nitrogen and oxygen atoms in total. The first-order valence-electron chi connectivity index (χ1n) is 9.69. The molecule has 0 unspecified atom stereocenters. The standard InChI is InChI=1S/C22H26N4O4/c1-22(2)21(29)23-12-13-26(22)14-19(27)24-16-10-8-15(9-11-16)20(28)25-17-6-4-5-7-18(17)30-3/h4-11H,12-14H2,1-3H3,(H,23,29)(H,24,27)(H,25,28). The van der Waals surface area contributed by atoms with E-state index in [-0.39, 0.29) is 24.3 Å². The predicted octanol–water partition coefficient (Wildman–Crippen LogP) is 2.10. The zero-order chi connectivity index (χ0) is 21.7. The van der Waals surface area contributed by atoms with Crippen LogP contribution in [-0.2, 0) is 9.59 Å². The van der Waals surface area contributed by atoms with Crippen molar-refractivity contribution in [2.75, 3.05) is 37.4 Å². The molecule has 1 fully saturated rings. The first-order chi connectivity index (χ1) is 14.3. The van der Waals surface area contributed by atoms with Gasteiger partial charge in [-0.15, -0.1) is 0 Å². The number of rotatable bonds is 6. The fraction of sp³-hybridized carbons (Fsp3) is 0.318. The Morgan fingerprint density at radius 3 is 2.50 bits per heavy atom. The van der Waals surface area contributed by atoms with Crippen molar-refractivity contribution in [2.24, 2.45) is 0 Å². The molecule has 0 radical (unpaired) electrons. The number of para-hydroxylation sites is 2. The lowest BCUT2D eigenvalue weighted by molar-refractivity contribution is -0.136. The Kier molecular flexibility index (Phi) is 6.37. The van der Waals surface area contributed by atoms with E-state index in [9.17, 15) is 14.4 Å². The number of methoxy groups -OCH3 is 1. The molecule has 0 spiro atoms. The Morgan fingerprint density at radius 2 is 1.80 bits per heavy atom. The third-order valence-corrected chi connectivity index (χ3v) is 5.13. The van der Waals surface area contributed by atoms with Crippen LogP contribution < -0.4 is 20.7 Å². The third-order valence-electron chi connectivity index (χ3n) is 5.13. The Bertz CT molecular complexity index is 940. The lowest BCUT2D eigenvalue weighted by atomic mass is 9.99. The molecule has 1 saturated heterocycles. The van der Waals surface area contributed by atoms with Crippen molar-refractivity contribution in [3.05, 3.63) is 54.1 Å². The topological polar surface area (TPSA) is 99.8 Å². The summed E-state index contributed by atoms with van der Waals surface area (Å²) < 4.78 is 5.24. The van der Waals surface area contributed by atoms with E-state index in [0.29, 0.717) is 35.8 Å². The molecule has 0 aliphatic carbocycles. The summed E-state index contributed by atoms with van der Waals surface area (Å²) in [6.45, 7) is 4.82. The van der Waals surface area contributed by atoms with Gasteiger partial charge in [-0.25, -0.2) is 0 Å². The number of carbonyl (C=O) groups is 3. The summed E-state index contributed by atoms with van der Waals surface area (Å²) in [6.07, 6.45) is 0. The normalized spacial score (nSPS) is 15.8. The van der Waals surface area contributed by atoms with E-state index < -0.39 is 5.54 Å². The second-order valence-electron chi connectivity index (χ2n) is 7.52. The van der Waals surface area contributed by atoms with Crippen molar-refractivity contribution < 1.29 is 19.1 Å². The lowest BCUT2D eigenvalue weighted by Crippen LogP contribution is -2.62. The van der Waals surface area contributed by atoms with E-state index in [1.54, 1.807) is 57.4 Å². The molecule has 0 atom stereocenters. The maximum atomic E-state index is 12.5. The molecule has 1 aliphatic heterocycles. The van der Waals surface area contributed by atoms with Gasteiger partial charge in [0.05, 0.1) is 24.9 Å². The van der Waals surface area contributed by atoms with Crippen molar-refractivity contribution in [2.45, 2.75) is 19.4 Å². The molecule has 8 heteroatoms. The quantitative estimate of drug-likeness (QED) is 0.677. The van der Waals surface area contributed by atoms with Crippen LogP contribution >= 0.6 is 0 Å². The van der Waals surface area contributed by atoms with Crippen LogP contribution in [0.15, 0.2) is 48.5 Å². The molecule has 3 N–H and O–H groups in total. The lowest BCUT2D eigenvalue weighted by Gasteiger charge is -2.40. The molecule has 0 saturated carbocycles. The minimum absolute atomic E-state index is 0.0908. The highest BCUT2D eigenvalue weighted by atomic mass is 16.5. The Hall–Kier alpha value is -3.39. The van der Waals surface area contributed by atoms with Gasteiger partial charge in [-0.3, -0.25) is 19.3 Å². The highest BCUT2D eigenvalue weighted by Gasteiger charge is 2.38. The van der Waals surface area contributed by atoms with Gasteiger partial charge in [0.25, 0.3) is 5.91 Å². The molecule has 0 bridgehead atoms. The van der Waals surface area contributed by atoms with Crippen molar-refractivity contribution >= 4 is 29.1 Å². The summed E-state index contributed by atoms with van der Waals surface area (Å²) >= 11 is 0. The first kappa shape index (κ1) is 21.3. The van der Waals surface area contributed by atoms with Gasteiger partial charge in [-0.05, 0) is 50.2 Å². The number of hydrogen-bond acceptors (Lipinski definition) is 5. The summed E-state index contributed by atoms with van der Waals surface area (Å²) in [5.74, 6) is -0.0153. The maximum absolute atomic E-state index is 12.5. The van der Waals surface area contributed by atoms with Crippen molar-refractivity contribution in [1.29, 1.82) is 0 Å². The maximum Gasteiger partial charge on any atom is 0.255 e. The number of piperazine rings is 1. The Morgan fingerprint density at radius 1 is 1.10 bits per heavy atom. The van der Waals surface area contributed by atoms with Gasteiger partial charge >= 0.3 is 0 Å². The highest BCUT2D eigenvalue weighted by Crippen LogP contribution is 2.24. The zero-order valence-corrected chi connectivity index (χ0v) is 17.3. The molecule has 2 aromatic rings. The molecule has 0 aromatic heterocycles. The van der Waals surface area contributed by atoms with Crippen LogP contribution in [-0.4, -0.2) is 54.9 Å². The fourth-order valence-corrected chi connectivity index (χ4v) is 3.24. The summed E-state index contributed by atoms with van der Waals surface area (Å²) in [5, 5.41) is 8.43. The van der Waals surface area contributed by atoms with E-state index >= 15 is 0 Å². The molecule has 2 aromatic carbocycles. The molecule has 1 heterocycles. The van der Waals surface area contributed by atoms with Crippen LogP contribution in [0.1, 0.15) is 24.2 Å². The van der Waals surface area contributed by atoms with Gasteiger partial charge < -0.3 is 20.7 Å². The summed E-state index contributed by atoms with van der Waals surface area (Å²) in [7, 11) is 1.54. The number of nitrogens with zero attached hydrogens (tertiary/aromatic N) is 1. The van der Waals surface area contributed by atoms with Crippen LogP contribution in [0.2, 0.25) is 0 Å². The van der Waals surface area contributed by atoms with Gasteiger partial charge in [0.1, 0.15) is 5.75 Å². The molecular formula is C22H26N4O4. The van der Waals surface area contributed by atoms with Crippen LogP contribution in [0.3, 0.4) is 0 Å². The van der Waals surface area contributed by atoms with Gasteiger partial charge in [0.15, 0.2) is 0 Å². The summed E-state index contributed by atoms with van der Waals surface area (Å²) in [6, 6.07) is 13.8. The number of carbonyl (C=O) groups excluding carboxylic acids is 3. The van der Waals surface area contributed by atoms with Gasteiger partial charge in [0, 0.05) is 24.3 Å². The van der Waals surface area contributed by atoms with E-state index in [1.807, 2.05) is 17.0 Å². The van der Waals surface area contributed by atoms with Gasteiger partial charge in [-0.2, -0.15) is 0 Å². The third kappa shape index (κ3) is 4.77. The minimum Gasteiger partial charge on any atom is -0.495 e. The van der Waals surface area contributed by atoms with Gasteiger partial charge in [0.2, 0.25) is 11.8 Å². The van der Waals surface area contributed by atoms with E-state index in [2.05, 4.69) is 16.0 Å². The SMILES string of the molecule is COc1ccccc1NC(=O)c1ccc(NC(=O)CN2CCNC(=O)C2(C)C)cc1. The smallest absolute Gasteiger partial charge is 0.255 e. The summed E-state index contributed by atoms with van der Waals surface area (Å²) in [4.78, 5) is 38.8. The van der Waals surface area contributed by atoms with Gasteiger partial charge in [-0.1, -0.05) is 12.1 Å². The van der Waals surface area contributed by atoms with Crippen molar-refractivity contribution in [3.63, 3.8) is 0 Å². The number of nitrogens with one attached hydrogen (secondary N) is 3. The number of hydrogen-bond donors (Lipinski definition) is 3. The molecule has 30 heavy (non-hydrogen) atoms. The average molecular weight is 410 g/mol. The number of amides is 3. The van der Waals surface area contributed by atoms with Crippen LogP contribution in [0.4, 0.5) is 11.4 Å². The first-order valence-corrected chi connectivity index (χ1v) is 9.69. The van der Waals surface area contributed by atoms with Crippen LogP contribution in [0.5, 0.6) is 5.75 Å². The minimum atomic E-state index is -0.740. The summed E-state index contributed by atoms with van der Waals surface area (Å²) in [5.41, 5.74) is 0.868. The molecular weight excluding hydrogens is 384 g/mol. The Balaban J connectivity index is 1.59.